The molecule has 2 nitrogen and oxygen atoms in total. The Kier molecular flexibility index (Phi) is 3.90. The van der Waals surface area contributed by atoms with Crippen molar-refractivity contribution in [2.24, 2.45) is 5.92 Å². The molecule has 0 spiro atoms. The Morgan fingerprint density at radius 2 is 1.71 bits per heavy atom. The molecule has 17 heavy (non-hydrogen) atoms. The van der Waals surface area contributed by atoms with Crippen LogP contribution in [0.4, 0.5) is 8.78 Å². The van der Waals surface area contributed by atoms with Crippen LogP contribution in [0.2, 0.25) is 0 Å². The summed E-state index contributed by atoms with van der Waals surface area (Å²) in [6, 6.07) is 0. The normalized spacial score (nSPS) is 26.5. The van der Waals surface area contributed by atoms with Gasteiger partial charge in [0.1, 0.15) is 0 Å². The Morgan fingerprint density at radius 3 is 2.06 bits per heavy atom. The number of halogens is 2. The summed E-state index contributed by atoms with van der Waals surface area (Å²) < 4.78 is 33.2. The minimum absolute atomic E-state index is 0.128. The molecule has 1 aliphatic heterocycles. The minimum atomic E-state index is -2.64. The van der Waals surface area contributed by atoms with E-state index in [0.717, 1.165) is 0 Å². The van der Waals surface area contributed by atoms with Crippen LogP contribution in [0.25, 0.3) is 0 Å². The lowest BCUT2D eigenvalue weighted by atomic mass is 10.1. The standard InChI is InChI=1S/C13H25F2NO/c1-11(2,3)16-7-10(13(14,15)9-16)8-17-12(4,5)6/h10H,7-9H2,1-6H3. The number of nitrogens with zero attached hydrogens (tertiary/aromatic N) is 1. The minimum Gasteiger partial charge on any atom is -0.375 e. The van der Waals surface area contributed by atoms with E-state index in [0.29, 0.717) is 6.54 Å². The maximum atomic E-state index is 13.8. The van der Waals surface area contributed by atoms with Crippen LogP contribution in [0.3, 0.4) is 0 Å². The Bertz CT molecular complexity index is 266. The molecule has 0 aromatic carbocycles. The van der Waals surface area contributed by atoms with Gasteiger partial charge in [0.25, 0.3) is 5.92 Å². The van der Waals surface area contributed by atoms with Crippen molar-refractivity contribution in [2.45, 2.75) is 58.6 Å². The number of rotatable bonds is 2. The molecule has 1 rings (SSSR count). The second-order valence-corrected chi connectivity index (χ2v) is 6.93. The average molecular weight is 249 g/mol. The highest BCUT2D eigenvalue weighted by Crippen LogP contribution is 2.37. The topological polar surface area (TPSA) is 12.5 Å². The summed E-state index contributed by atoms with van der Waals surface area (Å²) in [6.07, 6.45) is 0. The Morgan fingerprint density at radius 1 is 1.18 bits per heavy atom. The third-order valence-corrected chi connectivity index (χ3v) is 3.11. The van der Waals surface area contributed by atoms with Gasteiger partial charge in [-0.15, -0.1) is 0 Å². The predicted octanol–water partition coefficient (Wildman–Crippen LogP) is 3.17. The third-order valence-electron chi connectivity index (χ3n) is 3.11. The quantitative estimate of drug-likeness (QED) is 0.745. The van der Waals surface area contributed by atoms with E-state index in [1.165, 1.54) is 0 Å². The first-order valence-corrected chi connectivity index (χ1v) is 6.19. The van der Waals surface area contributed by atoms with Crippen LogP contribution >= 0.6 is 0 Å². The highest BCUT2D eigenvalue weighted by molar-refractivity contribution is 4.95. The number of hydrogen-bond donors (Lipinski definition) is 0. The SMILES string of the molecule is CC(C)(C)OCC1CN(C(C)(C)C)CC1(F)F. The van der Waals surface area contributed by atoms with Crippen molar-refractivity contribution in [3.8, 4) is 0 Å². The van der Waals surface area contributed by atoms with E-state index in [1.807, 2.05) is 46.4 Å². The van der Waals surface area contributed by atoms with E-state index in [2.05, 4.69) is 0 Å². The molecule has 1 heterocycles. The van der Waals surface area contributed by atoms with Gasteiger partial charge in [-0.2, -0.15) is 0 Å². The molecule has 1 aliphatic rings. The molecular formula is C13H25F2NO. The van der Waals surface area contributed by atoms with Crippen molar-refractivity contribution in [3.63, 3.8) is 0 Å². The lowest BCUT2D eigenvalue weighted by Gasteiger charge is -2.31. The summed E-state index contributed by atoms with van der Waals surface area (Å²) in [7, 11) is 0. The zero-order chi connectivity index (χ0) is 13.5. The monoisotopic (exact) mass is 249 g/mol. The fourth-order valence-electron chi connectivity index (χ4n) is 1.88. The van der Waals surface area contributed by atoms with Crippen molar-refractivity contribution in [1.29, 1.82) is 0 Å². The smallest absolute Gasteiger partial charge is 0.266 e. The molecule has 0 radical (unpaired) electrons. The highest BCUT2D eigenvalue weighted by atomic mass is 19.3. The maximum absolute atomic E-state index is 13.8. The van der Waals surface area contributed by atoms with Gasteiger partial charge in [-0.25, -0.2) is 8.78 Å². The zero-order valence-corrected chi connectivity index (χ0v) is 11.8. The molecule has 1 fully saturated rings. The molecule has 0 amide bonds. The second-order valence-electron chi connectivity index (χ2n) is 6.93. The molecule has 4 heteroatoms. The summed E-state index contributed by atoms with van der Waals surface area (Å²) in [6.45, 7) is 12.0. The first-order chi connectivity index (χ1) is 7.42. The summed E-state index contributed by atoms with van der Waals surface area (Å²) in [5.41, 5.74) is -0.564. The predicted molar refractivity (Wildman–Crippen MR) is 65.5 cm³/mol. The van der Waals surface area contributed by atoms with Crippen LogP contribution in [-0.4, -0.2) is 41.7 Å². The van der Waals surface area contributed by atoms with Crippen LogP contribution in [-0.2, 0) is 4.74 Å². The second kappa shape index (κ2) is 4.47. The van der Waals surface area contributed by atoms with E-state index >= 15 is 0 Å². The van der Waals surface area contributed by atoms with Crippen molar-refractivity contribution >= 4 is 0 Å². The fourth-order valence-corrected chi connectivity index (χ4v) is 1.88. The largest absolute Gasteiger partial charge is 0.375 e. The molecule has 1 saturated heterocycles. The Hall–Kier alpha value is -0.220. The lowest BCUT2D eigenvalue weighted by molar-refractivity contribution is -0.0886. The van der Waals surface area contributed by atoms with Gasteiger partial charge in [0, 0.05) is 12.1 Å². The number of likely N-dealkylation sites (tertiary alicyclic amines) is 1. The van der Waals surface area contributed by atoms with Crippen LogP contribution < -0.4 is 0 Å². The Balaban J connectivity index is 2.62. The van der Waals surface area contributed by atoms with Crippen molar-refractivity contribution < 1.29 is 13.5 Å². The van der Waals surface area contributed by atoms with Gasteiger partial charge in [0.05, 0.1) is 24.7 Å². The summed E-state index contributed by atoms with van der Waals surface area (Å²) in [5, 5.41) is 0. The molecule has 0 bridgehead atoms. The first-order valence-electron chi connectivity index (χ1n) is 6.19. The maximum Gasteiger partial charge on any atom is 0.266 e. The lowest BCUT2D eigenvalue weighted by Crippen LogP contribution is -2.40. The average Bonchev–Trinajstić information content (AvgIpc) is 2.35. The van der Waals surface area contributed by atoms with Gasteiger partial charge in [-0.3, -0.25) is 4.90 Å². The molecular weight excluding hydrogens is 224 g/mol. The summed E-state index contributed by atoms with van der Waals surface area (Å²) in [5.74, 6) is -3.33. The molecule has 0 saturated carbocycles. The zero-order valence-electron chi connectivity index (χ0n) is 11.8. The van der Waals surface area contributed by atoms with E-state index in [9.17, 15) is 8.78 Å². The van der Waals surface area contributed by atoms with E-state index in [4.69, 9.17) is 4.74 Å². The molecule has 102 valence electrons. The van der Waals surface area contributed by atoms with Gasteiger partial charge in [0.2, 0.25) is 0 Å². The van der Waals surface area contributed by atoms with Gasteiger partial charge < -0.3 is 4.74 Å². The number of hydrogen-bond acceptors (Lipinski definition) is 2. The molecule has 0 aromatic heterocycles. The number of alkyl halides is 2. The molecule has 0 aromatic rings. The Labute approximate surface area is 103 Å². The van der Waals surface area contributed by atoms with E-state index in [-0.39, 0.29) is 24.3 Å². The molecule has 0 N–H and O–H groups in total. The van der Waals surface area contributed by atoms with Crippen LogP contribution in [0.1, 0.15) is 41.5 Å². The van der Waals surface area contributed by atoms with Gasteiger partial charge in [-0.05, 0) is 41.5 Å². The van der Waals surface area contributed by atoms with Crippen LogP contribution in [0, 0.1) is 5.92 Å². The van der Waals surface area contributed by atoms with Gasteiger partial charge >= 0.3 is 0 Å². The van der Waals surface area contributed by atoms with Crippen molar-refractivity contribution in [2.75, 3.05) is 19.7 Å². The van der Waals surface area contributed by atoms with E-state index in [1.54, 1.807) is 0 Å². The summed E-state index contributed by atoms with van der Waals surface area (Å²) >= 11 is 0. The van der Waals surface area contributed by atoms with Crippen LogP contribution in [0.5, 0.6) is 0 Å². The van der Waals surface area contributed by atoms with Gasteiger partial charge in [-0.1, -0.05) is 0 Å². The fraction of sp³-hybridized carbons (Fsp3) is 1.00. The van der Waals surface area contributed by atoms with Crippen molar-refractivity contribution in [1.82, 2.24) is 4.90 Å². The third kappa shape index (κ3) is 4.18. The van der Waals surface area contributed by atoms with Crippen LogP contribution in [0.15, 0.2) is 0 Å². The molecule has 1 atom stereocenters. The summed E-state index contributed by atoms with van der Waals surface area (Å²) in [4.78, 5) is 1.84. The van der Waals surface area contributed by atoms with Gasteiger partial charge in [0.15, 0.2) is 0 Å². The molecule has 1 unspecified atom stereocenters. The molecule has 0 aliphatic carbocycles. The van der Waals surface area contributed by atoms with E-state index < -0.39 is 11.8 Å². The number of ether oxygens (including phenoxy) is 1. The first kappa shape index (κ1) is 14.8. The highest BCUT2D eigenvalue weighted by Gasteiger charge is 2.50. The van der Waals surface area contributed by atoms with Crippen molar-refractivity contribution in [3.05, 3.63) is 0 Å².